The van der Waals surface area contributed by atoms with E-state index in [0.29, 0.717) is 5.56 Å². The third kappa shape index (κ3) is 4.50. The molecule has 2 aromatic rings. The van der Waals surface area contributed by atoms with Gasteiger partial charge < -0.3 is 4.74 Å². The molecule has 142 valence electrons. The van der Waals surface area contributed by atoms with Crippen LogP contribution in [0.2, 0.25) is 10.0 Å². The standard InChI is InChI=1S/C16H17Cl2NO5S2/c1-10(11-4-6-12(7-5-11)25(3,20)21)19-26(22,23)14-9-8-13(24-2)15(17)16(14)18/h4-10,19H,1-3H3. The molecule has 0 spiro atoms. The van der Waals surface area contributed by atoms with Crippen LogP contribution >= 0.6 is 23.2 Å². The second-order valence-corrected chi connectivity index (χ2v) is 10.0. The number of hydrogen-bond donors (Lipinski definition) is 1. The Kier molecular flexibility index (Phi) is 6.24. The van der Waals surface area contributed by atoms with Crippen LogP contribution in [0.15, 0.2) is 46.2 Å². The van der Waals surface area contributed by atoms with Gasteiger partial charge >= 0.3 is 0 Å². The predicted molar refractivity (Wildman–Crippen MR) is 101 cm³/mol. The van der Waals surface area contributed by atoms with E-state index in [1.54, 1.807) is 19.1 Å². The van der Waals surface area contributed by atoms with E-state index in [0.717, 1.165) is 6.26 Å². The Labute approximate surface area is 163 Å². The molecule has 6 nitrogen and oxygen atoms in total. The van der Waals surface area contributed by atoms with Crippen LogP contribution in [0, 0.1) is 0 Å². The monoisotopic (exact) mass is 437 g/mol. The molecule has 26 heavy (non-hydrogen) atoms. The lowest BCUT2D eigenvalue weighted by molar-refractivity contribution is 0.414. The van der Waals surface area contributed by atoms with Crippen molar-refractivity contribution < 1.29 is 21.6 Å². The summed E-state index contributed by atoms with van der Waals surface area (Å²) in [7, 11) is -5.89. The number of benzene rings is 2. The number of methoxy groups -OCH3 is 1. The first-order valence-corrected chi connectivity index (χ1v) is 11.4. The molecule has 0 aliphatic heterocycles. The van der Waals surface area contributed by atoms with Crippen LogP contribution in [0.4, 0.5) is 0 Å². The van der Waals surface area contributed by atoms with Gasteiger partial charge in [-0.1, -0.05) is 35.3 Å². The van der Waals surface area contributed by atoms with E-state index >= 15 is 0 Å². The number of hydrogen-bond acceptors (Lipinski definition) is 5. The third-order valence-corrected chi connectivity index (χ3v) is 7.35. The summed E-state index contributed by atoms with van der Waals surface area (Å²) in [5.41, 5.74) is 0.594. The Hall–Kier alpha value is -1.32. The van der Waals surface area contributed by atoms with Crippen molar-refractivity contribution in [3.63, 3.8) is 0 Å². The summed E-state index contributed by atoms with van der Waals surface area (Å²) >= 11 is 12.1. The number of ether oxygens (including phenoxy) is 1. The van der Waals surface area contributed by atoms with Crippen molar-refractivity contribution in [2.24, 2.45) is 0 Å². The van der Waals surface area contributed by atoms with Gasteiger partial charge in [-0.3, -0.25) is 0 Å². The van der Waals surface area contributed by atoms with E-state index in [1.807, 2.05) is 0 Å². The maximum atomic E-state index is 12.6. The minimum Gasteiger partial charge on any atom is -0.495 e. The van der Waals surface area contributed by atoms with Crippen molar-refractivity contribution in [2.75, 3.05) is 13.4 Å². The SMILES string of the molecule is COc1ccc(S(=O)(=O)NC(C)c2ccc(S(C)(=O)=O)cc2)c(Cl)c1Cl. The highest BCUT2D eigenvalue weighted by Crippen LogP contribution is 2.36. The summed E-state index contributed by atoms with van der Waals surface area (Å²) in [6, 6.07) is 8.03. The van der Waals surface area contributed by atoms with E-state index in [4.69, 9.17) is 27.9 Å². The number of sulfonamides is 1. The Morgan fingerprint density at radius 2 is 1.54 bits per heavy atom. The molecule has 1 unspecified atom stereocenters. The van der Waals surface area contributed by atoms with Crippen molar-refractivity contribution in [1.29, 1.82) is 0 Å². The van der Waals surface area contributed by atoms with E-state index in [1.165, 1.54) is 31.4 Å². The molecule has 0 saturated carbocycles. The largest absolute Gasteiger partial charge is 0.495 e. The summed E-state index contributed by atoms with van der Waals surface area (Å²) in [6.45, 7) is 1.63. The van der Waals surface area contributed by atoms with Crippen molar-refractivity contribution in [3.05, 3.63) is 52.0 Å². The first kappa shape index (κ1) is 21.0. The van der Waals surface area contributed by atoms with Crippen molar-refractivity contribution >= 4 is 43.1 Å². The molecule has 0 fully saturated rings. The average molecular weight is 438 g/mol. The minimum atomic E-state index is -3.96. The minimum absolute atomic E-state index is 0.00204. The number of sulfone groups is 1. The normalized spacial score (nSPS) is 13.4. The zero-order chi connectivity index (χ0) is 19.7. The smallest absolute Gasteiger partial charge is 0.242 e. The van der Waals surface area contributed by atoms with Crippen LogP contribution in [0.25, 0.3) is 0 Å². The van der Waals surface area contributed by atoms with Gasteiger partial charge in [0.25, 0.3) is 0 Å². The number of halogens is 2. The zero-order valence-corrected chi connectivity index (χ0v) is 17.3. The van der Waals surface area contributed by atoms with Crippen molar-refractivity contribution in [1.82, 2.24) is 4.72 Å². The molecule has 2 rings (SSSR count). The maximum Gasteiger partial charge on any atom is 0.242 e. The van der Waals surface area contributed by atoms with Crippen molar-refractivity contribution in [2.45, 2.75) is 22.8 Å². The molecular weight excluding hydrogens is 421 g/mol. The Balaban J connectivity index is 2.31. The van der Waals surface area contributed by atoms with Crippen LogP contribution in [0.1, 0.15) is 18.5 Å². The highest BCUT2D eigenvalue weighted by Gasteiger charge is 2.24. The van der Waals surface area contributed by atoms with Crippen LogP contribution in [-0.4, -0.2) is 30.2 Å². The molecule has 0 radical (unpaired) electrons. The molecule has 1 N–H and O–H groups in total. The van der Waals surface area contributed by atoms with Gasteiger partial charge in [0.05, 0.1) is 17.0 Å². The highest BCUT2D eigenvalue weighted by molar-refractivity contribution is 7.90. The van der Waals surface area contributed by atoms with Crippen LogP contribution in [0.3, 0.4) is 0 Å². The molecule has 0 aromatic heterocycles. The molecule has 0 aliphatic rings. The van der Waals surface area contributed by atoms with Gasteiger partial charge in [-0.2, -0.15) is 0 Å². The maximum absolute atomic E-state index is 12.6. The fourth-order valence-electron chi connectivity index (χ4n) is 2.25. The molecule has 0 heterocycles. The predicted octanol–water partition coefficient (Wildman–Crippen LogP) is 3.45. The number of rotatable bonds is 6. The fourth-order valence-corrected chi connectivity index (χ4v) is 4.95. The van der Waals surface area contributed by atoms with Crippen LogP contribution in [0.5, 0.6) is 5.75 Å². The molecular formula is C16H17Cl2NO5S2. The summed E-state index contributed by atoms with van der Waals surface area (Å²) in [6.07, 6.45) is 1.10. The van der Waals surface area contributed by atoms with Gasteiger partial charge in [-0.05, 0) is 36.8 Å². The second kappa shape index (κ2) is 7.74. The Bertz CT molecular complexity index is 1020. The topological polar surface area (TPSA) is 89.5 Å². The van der Waals surface area contributed by atoms with E-state index < -0.39 is 25.9 Å². The van der Waals surface area contributed by atoms with E-state index in [-0.39, 0.29) is 25.6 Å². The lowest BCUT2D eigenvalue weighted by atomic mass is 10.1. The number of nitrogens with one attached hydrogen (secondary N) is 1. The highest BCUT2D eigenvalue weighted by atomic mass is 35.5. The summed E-state index contributed by atoms with van der Waals surface area (Å²) < 4.78 is 55.7. The lowest BCUT2D eigenvalue weighted by Crippen LogP contribution is -2.27. The van der Waals surface area contributed by atoms with Crippen LogP contribution in [-0.2, 0) is 19.9 Å². The molecule has 0 saturated heterocycles. The first-order valence-electron chi connectivity index (χ1n) is 7.31. The van der Waals surface area contributed by atoms with Gasteiger partial charge in [0.1, 0.15) is 15.7 Å². The van der Waals surface area contributed by atoms with Gasteiger partial charge in [-0.25, -0.2) is 21.6 Å². The quantitative estimate of drug-likeness (QED) is 0.746. The summed E-state index contributed by atoms with van der Waals surface area (Å²) in [5, 5.41) is -0.139. The molecule has 2 aromatic carbocycles. The fraction of sp³-hybridized carbons (Fsp3) is 0.250. The Morgan fingerprint density at radius 1 is 0.962 bits per heavy atom. The zero-order valence-electron chi connectivity index (χ0n) is 14.2. The molecule has 10 heteroatoms. The van der Waals surface area contributed by atoms with Gasteiger partial charge in [-0.15, -0.1) is 0 Å². The summed E-state index contributed by atoms with van der Waals surface area (Å²) in [4.78, 5) is -0.0224. The van der Waals surface area contributed by atoms with Gasteiger partial charge in [0, 0.05) is 12.3 Å². The Morgan fingerprint density at radius 3 is 2.04 bits per heavy atom. The molecule has 1 atom stereocenters. The van der Waals surface area contributed by atoms with Crippen LogP contribution < -0.4 is 9.46 Å². The lowest BCUT2D eigenvalue weighted by Gasteiger charge is -2.16. The van der Waals surface area contributed by atoms with Crippen molar-refractivity contribution in [3.8, 4) is 5.75 Å². The van der Waals surface area contributed by atoms with E-state index in [9.17, 15) is 16.8 Å². The van der Waals surface area contributed by atoms with Gasteiger partial charge in [0.15, 0.2) is 9.84 Å². The molecule has 0 aliphatic carbocycles. The summed E-state index contributed by atoms with van der Waals surface area (Å²) in [5.74, 6) is 0.264. The van der Waals surface area contributed by atoms with Gasteiger partial charge in [0.2, 0.25) is 10.0 Å². The second-order valence-electron chi connectivity index (χ2n) is 5.58. The molecule has 0 amide bonds. The third-order valence-electron chi connectivity index (χ3n) is 3.66. The molecule has 0 bridgehead atoms. The van der Waals surface area contributed by atoms with E-state index in [2.05, 4.69) is 4.72 Å². The average Bonchev–Trinajstić information content (AvgIpc) is 2.56. The first-order chi connectivity index (χ1) is 12.0.